The third kappa shape index (κ3) is 2.28. The predicted molar refractivity (Wildman–Crippen MR) is 75.3 cm³/mol. The van der Waals surface area contributed by atoms with Gasteiger partial charge in [0.1, 0.15) is 0 Å². The molecule has 2 rings (SSSR count). The highest BCUT2D eigenvalue weighted by Crippen LogP contribution is 2.30. The summed E-state index contributed by atoms with van der Waals surface area (Å²) in [6.45, 7) is 3.57. The molecule has 2 N–H and O–H groups in total. The van der Waals surface area contributed by atoms with Gasteiger partial charge < -0.3 is 10.2 Å². The first-order valence-corrected chi connectivity index (χ1v) is 6.09. The Morgan fingerprint density at radius 1 is 0.850 bits per heavy atom. The number of hydrogen-bond donors (Lipinski definition) is 2. The minimum absolute atomic E-state index is 0.154. The molecule has 0 saturated heterocycles. The van der Waals surface area contributed by atoms with Crippen molar-refractivity contribution >= 4 is 11.9 Å². The van der Waals surface area contributed by atoms with Crippen LogP contribution in [-0.4, -0.2) is 22.2 Å². The number of hydrogen-bond acceptors (Lipinski definition) is 2. The lowest BCUT2D eigenvalue weighted by atomic mass is 9.91. The molecule has 0 aromatic heterocycles. The van der Waals surface area contributed by atoms with Gasteiger partial charge in [-0.15, -0.1) is 0 Å². The first kappa shape index (κ1) is 13.8. The van der Waals surface area contributed by atoms with Crippen molar-refractivity contribution in [3.63, 3.8) is 0 Å². The molecule has 0 bridgehead atoms. The smallest absolute Gasteiger partial charge is 0.336 e. The van der Waals surface area contributed by atoms with Crippen LogP contribution in [0.3, 0.4) is 0 Å². The Balaban J connectivity index is 2.76. The Labute approximate surface area is 116 Å². The van der Waals surface area contributed by atoms with E-state index in [2.05, 4.69) is 0 Å². The summed E-state index contributed by atoms with van der Waals surface area (Å²) in [4.78, 5) is 22.5. The van der Waals surface area contributed by atoms with Crippen LogP contribution in [0.25, 0.3) is 11.1 Å². The predicted octanol–water partition coefficient (Wildman–Crippen LogP) is 3.37. The molecule has 0 aliphatic rings. The van der Waals surface area contributed by atoms with Gasteiger partial charge in [0.25, 0.3) is 0 Å². The first-order chi connectivity index (χ1) is 9.43. The number of aromatic carboxylic acids is 2. The number of carbonyl (C=O) groups is 2. The van der Waals surface area contributed by atoms with Crippen LogP contribution in [-0.2, 0) is 0 Å². The molecule has 0 atom stereocenters. The van der Waals surface area contributed by atoms with Gasteiger partial charge in [0, 0.05) is 0 Å². The first-order valence-electron chi connectivity index (χ1n) is 6.09. The van der Waals surface area contributed by atoms with Crippen molar-refractivity contribution in [2.75, 3.05) is 0 Å². The summed E-state index contributed by atoms with van der Waals surface area (Å²) in [6.07, 6.45) is 0. The monoisotopic (exact) mass is 270 g/mol. The van der Waals surface area contributed by atoms with Crippen molar-refractivity contribution < 1.29 is 19.8 Å². The molecule has 0 saturated carbocycles. The molecule has 0 unspecified atom stereocenters. The van der Waals surface area contributed by atoms with Crippen molar-refractivity contribution in [2.45, 2.75) is 13.8 Å². The lowest BCUT2D eigenvalue weighted by molar-refractivity contribution is 0.0651. The van der Waals surface area contributed by atoms with E-state index < -0.39 is 11.9 Å². The van der Waals surface area contributed by atoms with E-state index in [0.29, 0.717) is 5.56 Å². The molecule has 4 nitrogen and oxygen atoms in total. The zero-order valence-corrected chi connectivity index (χ0v) is 11.2. The van der Waals surface area contributed by atoms with Crippen LogP contribution in [0.1, 0.15) is 31.8 Å². The zero-order valence-electron chi connectivity index (χ0n) is 11.2. The van der Waals surface area contributed by atoms with Gasteiger partial charge in [0.05, 0.1) is 11.1 Å². The van der Waals surface area contributed by atoms with E-state index in [-0.39, 0.29) is 11.1 Å². The molecule has 20 heavy (non-hydrogen) atoms. The second-order valence-corrected chi connectivity index (χ2v) is 4.59. The molecular weight excluding hydrogens is 256 g/mol. The molecule has 102 valence electrons. The van der Waals surface area contributed by atoms with Crippen molar-refractivity contribution in [2.24, 2.45) is 0 Å². The summed E-state index contributed by atoms with van der Waals surface area (Å²) in [5, 5.41) is 18.4. The van der Waals surface area contributed by atoms with Crippen LogP contribution in [0.2, 0.25) is 0 Å². The maximum Gasteiger partial charge on any atom is 0.336 e. The van der Waals surface area contributed by atoms with Gasteiger partial charge in [-0.1, -0.05) is 30.3 Å². The summed E-state index contributed by atoms with van der Waals surface area (Å²) in [7, 11) is 0. The normalized spacial score (nSPS) is 10.3. The van der Waals surface area contributed by atoms with Gasteiger partial charge >= 0.3 is 11.9 Å². The Hall–Kier alpha value is -2.62. The fourth-order valence-electron chi connectivity index (χ4n) is 2.33. The van der Waals surface area contributed by atoms with Crippen LogP contribution in [0.5, 0.6) is 0 Å². The van der Waals surface area contributed by atoms with Gasteiger partial charge in [-0.05, 0) is 42.2 Å². The molecule has 0 heterocycles. The van der Waals surface area contributed by atoms with Crippen LogP contribution in [0.15, 0.2) is 36.4 Å². The van der Waals surface area contributed by atoms with Crippen molar-refractivity contribution in [3.05, 3.63) is 58.7 Å². The van der Waals surface area contributed by atoms with E-state index in [1.807, 2.05) is 31.2 Å². The van der Waals surface area contributed by atoms with Crippen LogP contribution < -0.4 is 0 Å². The summed E-state index contributed by atoms with van der Waals surface area (Å²) < 4.78 is 0. The second-order valence-electron chi connectivity index (χ2n) is 4.59. The highest BCUT2D eigenvalue weighted by atomic mass is 16.4. The molecular formula is C16H14O4. The summed E-state index contributed by atoms with van der Waals surface area (Å²) in [5.41, 5.74) is 2.78. The highest BCUT2D eigenvalue weighted by molar-refractivity contribution is 6.04. The van der Waals surface area contributed by atoms with Crippen molar-refractivity contribution in [3.8, 4) is 11.1 Å². The SMILES string of the molecule is Cc1ccccc1-c1ccc(C(=O)O)c(C(=O)O)c1C. The lowest BCUT2D eigenvalue weighted by Gasteiger charge is -2.13. The minimum Gasteiger partial charge on any atom is -0.478 e. The van der Waals surface area contributed by atoms with E-state index in [1.54, 1.807) is 13.0 Å². The molecule has 0 amide bonds. The molecule has 4 heteroatoms. The minimum atomic E-state index is -1.23. The Kier molecular flexibility index (Phi) is 3.57. The average molecular weight is 270 g/mol. The Morgan fingerprint density at radius 2 is 1.50 bits per heavy atom. The maximum atomic E-state index is 11.4. The van der Waals surface area contributed by atoms with Crippen molar-refractivity contribution in [1.29, 1.82) is 0 Å². The van der Waals surface area contributed by atoms with Gasteiger partial charge in [0.15, 0.2) is 0 Å². The molecule has 0 aliphatic carbocycles. The van der Waals surface area contributed by atoms with E-state index >= 15 is 0 Å². The van der Waals surface area contributed by atoms with Crippen LogP contribution in [0.4, 0.5) is 0 Å². The summed E-state index contributed by atoms with van der Waals surface area (Å²) in [6, 6.07) is 10.6. The van der Waals surface area contributed by atoms with Gasteiger partial charge in [0.2, 0.25) is 0 Å². The van der Waals surface area contributed by atoms with E-state index in [9.17, 15) is 14.7 Å². The van der Waals surface area contributed by atoms with Gasteiger partial charge in [-0.3, -0.25) is 0 Å². The third-order valence-corrected chi connectivity index (χ3v) is 3.34. The number of carboxylic acids is 2. The summed E-state index contributed by atoms with van der Waals surface area (Å²) >= 11 is 0. The molecule has 2 aromatic carbocycles. The molecule has 2 aromatic rings. The number of carboxylic acid groups (broad SMARTS) is 2. The number of aryl methyl sites for hydroxylation is 1. The zero-order chi connectivity index (χ0) is 14.9. The van der Waals surface area contributed by atoms with Gasteiger partial charge in [-0.2, -0.15) is 0 Å². The largest absolute Gasteiger partial charge is 0.478 e. The van der Waals surface area contributed by atoms with Crippen LogP contribution >= 0.6 is 0 Å². The topological polar surface area (TPSA) is 74.6 Å². The number of rotatable bonds is 3. The second kappa shape index (κ2) is 5.17. The Morgan fingerprint density at radius 3 is 2.05 bits per heavy atom. The fraction of sp³-hybridized carbons (Fsp3) is 0.125. The van der Waals surface area contributed by atoms with E-state index in [4.69, 9.17) is 5.11 Å². The molecule has 0 fully saturated rings. The van der Waals surface area contributed by atoms with Crippen molar-refractivity contribution in [1.82, 2.24) is 0 Å². The summed E-state index contributed by atoms with van der Waals surface area (Å²) in [5.74, 6) is -2.46. The average Bonchev–Trinajstić information content (AvgIpc) is 2.38. The van der Waals surface area contributed by atoms with E-state index in [0.717, 1.165) is 16.7 Å². The number of benzene rings is 2. The van der Waals surface area contributed by atoms with E-state index in [1.165, 1.54) is 6.07 Å². The van der Waals surface area contributed by atoms with Crippen LogP contribution in [0, 0.1) is 13.8 Å². The third-order valence-electron chi connectivity index (χ3n) is 3.34. The maximum absolute atomic E-state index is 11.4. The molecule has 0 aliphatic heterocycles. The van der Waals surface area contributed by atoms with Gasteiger partial charge in [-0.25, -0.2) is 9.59 Å². The Bertz CT molecular complexity index is 702. The standard InChI is InChI=1S/C16H14O4/c1-9-5-3-4-6-11(9)12-7-8-13(15(17)18)14(10(12)2)16(19)20/h3-8H,1-2H3,(H,17,18)(H,19,20). The molecule has 0 spiro atoms. The quantitative estimate of drug-likeness (QED) is 0.896. The fourth-order valence-corrected chi connectivity index (χ4v) is 2.33. The highest BCUT2D eigenvalue weighted by Gasteiger charge is 2.21. The molecule has 0 radical (unpaired) electrons. The lowest BCUT2D eigenvalue weighted by Crippen LogP contribution is -2.11.